The van der Waals surface area contributed by atoms with Crippen molar-refractivity contribution >= 4 is 52.3 Å². The van der Waals surface area contributed by atoms with E-state index in [9.17, 15) is 18.8 Å². The standard InChI is InChI=1S/C24H24FN4O3S2/c25-17-3-5-18(6-4-17)26-10-12-27(13-11-26)21(30)16-29-20-8-15-34-22(20)23(31)28(24(29)32)9-7-19-2-1-14-33-19/h1-6,8,14-15,22H,7,9-13,16H2/q+1. The molecule has 0 radical (unpaired) electrons. The van der Waals surface area contributed by atoms with E-state index in [0.717, 1.165) is 10.6 Å². The molecule has 0 bridgehead atoms. The van der Waals surface area contributed by atoms with Crippen LogP contribution in [0.3, 0.4) is 0 Å². The number of imide groups is 1. The number of nitrogens with zero attached hydrogens (tertiary/aromatic N) is 4. The third-order valence-corrected chi connectivity index (χ3v) is 8.21. The fraction of sp³-hybridized carbons (Fsp3) is 0.333. The molecular weight excluding hydrogens is 475 g/mol. The van der Waals surface area contributed by atoms with Gasteiger partial charge in [-0.1, -0.05) is 6.07 Å². The number of anilines is 1. The number of allylic oxidation sites excluding steroid dienone is 1. The number of carbonyl (C=O) groups is 3. The Bertz CT molecular complexity index is 1160. The molecule has 3 aliphatic rings. The van der Waals surface area contributed by atoms with Crippen LogP contribution in [0.1, 0.15) is 4.88 Å². The Morgan fingerprint density at radius 2 is 1.85 bits per heavy atom. The van der Waals surface area contributed by atoms with E-state index in [4.69, 9.17) is 0 Å². The highest BCUT2D eigenvalue weighted by Gasteiger charge is 2.49. The zero-order chi connectivity index (χ0) is 23.7. The first-order chi connectivity index (χ1) is 16.5. The highest BCUT2D eigenvalue weighted by Crippen LogP contribution is 2.28. The predicted molar refractivity (Wildman–Crippen MR) is 131 cm³/mol. The zero-order valence-corrected chi connectivity index (χ0v) is 20.1. The maximum absolute atomic E-state index is 13.3. The maximum Gasteiger partial charge on any atom is 0.501 e. The van der Waals surface area contributed by atoms with Crippen molar-refractivity contribution in [2.75, 3.05) is 44.2 Å². The Morgan fingerprint density at radius 1 is 1.09 bits per heavy atom. The summed E-state index contributed by atoms with van der Waals surface area (Å²) in [5.41, 5.74) is 1.51. The molecule has 1 saturated heterocycles. The molecule has 10 heteroatoms. The van der Waals surface area contributed by atoms with E-state index in [1.165, 1.54) is 33.4 Å². The summed E-state index contributed by atoms with van der Waals surface area (Å²) in [6.45, 7) is 2.50. The number of thioether (sulfide) groups is 1. The number of rotatable bonds is 6. The van der Waals surface area contributed by atoms with Crippen molar-refractivity contribution in [1.82, 2.24) is 9.80 Å². The van der Waals surface area contributed by atoms with Gasteiger partial charge >= 0.3 is 11.9 Å². The smallest absolute Gasteiger partial charge is 0.368 e. The Hall–Kier alpha value is -2.98. The molecule has 3 aliphatic heterocycles. The minimum atomic E-state index is -0.482. The number of hydrogen-bond donors (Lipinski definition) is 0. The number of benzene rings is 1. The van der Waals surface area contributed by atoms with Crippen LogP contribution < -0.4 is 4.90 Å². The molecular formula is C24H24FN4O3S2+. The van der Waals surface area contributed by atoms with E-state index < -0.39 is 11.3 Å². The fourth-order valence-corrected chi connectivity index (χ4v) is 6.06. The highest BCUT2D eigenvalue weighted by molar-refractivity contribution is 8.04. The normalized spacial score (nSPS) is 20.4. The molecule has 1 aromatic heterocycles. The highest BCUT2D eigenvalue weighted by atomic mass is 32.2. The van der Waals surface area contributed by atoms with Crippen molar-refractivity contribution in [3.63, 3.8) is 0 Å². The summed E-state index contributed by atoms with van der Waals surface area (Å²) in [6, 6.07) is 9.84. The largest absolute Gasteiger partial charge is 0.501 e. The Morgan fingerprint density at radius 3 is 2.56 bits per heavy atom. The molecule has 1 unspecified atom stereocenters. The van der Waals surface area contributed by atoms with Crippen molar-refractivity contribution in [2.45, 2.75) is 11.7 Å². The molecule has 5 rings (SSSR count). The van der Waals surface area contributed by atoms with Crippen LogP contribution >= 0.6 is 23.1 Å². The molecule has 0 spiro atoms. The van der Waals surface area contributed by atoms with Gasteiger partial charge in [0.05, 0.1) is 0 Å². The van der Waals surface area contributed by atoms with Gasteiger partial charge < -0.3 is 9.80 Å². The van der Waals surface area contributed by atoms with Gasteiger partial charge in [-0.3, -0.25) is 4.79 Å². The lowest BCUT2D eigenvalue weighted by Crippen LogP contribution is -2.58. The molecule has 1 aromatic carbocycles. The van der Waals surface area contributed by atoms with Crippen LogP contribution in [0.25, 0.3) is 0 Å². The number of amides is 4. The minimum absolute atomic E-state index is 0.0884. The molecule has 176 valence electrons. The third kappa shape index (κ3) is 4.52. The lowest BCUT2D eigenvalue weighted by Gasteiger charge is -2.36. The molecule has 2 aromatic rings. The van der Waals surface area contributed by atoms with Crippen molar-refractivity contribution in [1.29, 1.82) is 0 Å². The van der Waals surface area contributed by atoms with Crippen LogP contribution in [0, 0.1) is 5.82 Å². The minimum Gasteiger partial charge on any atom is -0.368 e. The number of halogens is 1. The summed E-state index contributed by atoms with van der Waals surface area (Å²) in [5.74, 6) is -0.638. The predicted octanol–water partition coefficient (Wildman–Crippen LogP) is 2.82. The molecule has 0 N–H and O–H groups in total. The van der Waals surface area contributed by atoms with Crippen LogP contribution in [0.5, 0.6) is 0 Å². The van der Waals surface area contributed by atoms with Gasteiger partial charge in [0.25, 0.3) is 5.91 Å². The summed E-state index contributed by atoms with van der Waals surface area (Å²) in [6.07, 6.45) is 2.37. The van der Waals surface area contributed by atoms with E-state index in [0.29, 0.717) is 44.9 Å². The number of urea groups is 1. The molecule has 1 fully saturated rings. The fourth-order valence-electron chi connectivity index (χ4n) is 4.40. The summed E-state index contributed by atoms with van der Waals surface area (Å²) in [7, 11) is 0. The number of hydrogen-bond acceptors (Lipinski definition) is 6. The summed E-state index contributed by atoms with van der Waals surface area (Å²) >= 11 is 2.96. The average Bonchev–Trinajstić information content (AvgIpc) is 3.55. The van der Waals surface area contributed by atoms with Crippen LogP contribution in [-0.4, -0.2) is 82.5 Å². The Kier molecular flexibility index (Phi) is 6.51. The first-order valence-corrected chi connectivity index (χ1v) is 13.0. The third-order valence-electron chi connectivity index (χ3n) is 6.27. The number of fused-ring (bicyclic) bond motifs is 1. The van der Waals surface area contributed by atoms with Gasteiger partial charge in [-0.25, -0.2) is 9.18 Å². The number of thiophene rings is 1. The number of piperazine rings is 1. The first kappa shape index (κ1) is 22.8. The quantitative estimate of drug-likeness (QED) is 0.572. The van der Waals surface area contributed by atoms with Crippen molar-refractivity contribution in [3.05, 3.63) is 64.0 Å². The Balaban J connectivity index is 1.26. The summed E-state index contributed by atoms with van der Waals surface area (Å²) < 4.78 is 14.7. The van der Waals surface area contributed by atoms with Crippen LogP contribution in [0.2, 0.25) is 0 Å². The molecule has 4 amide bonds. The zero-order valence-electron chi connectivity index (χ0n) is 18.4. The van der Waals surface area contributed by atoms with Gasteiger partial charge in [-0.05, 0) is 47.2 Å². The topological polar surface area (TPSA) is 63.9 Å². The van der Waals surface area contributed by atoms with Gasteiger partial charge in [0, 0.05) is 43.2 Å². The molecule has 4 heterocycles. The van der Waals surface area contributed by atoms with Crippen LogP contribution in [-0.2, 0) is 16.0 Å². The lowest BCUT2D eigenvalue weighted by molar-refractivity contribution is -0.428. The molecule has 1 atom stereocenters. The maximum atomic E-state index is 13.3. The van der Waals surface area contributed by atoms with E-state index >= 15 is 0 Å². The summed E-state index contributed by atoms with van der Waals surface area (Å²) in [5, 5.41) is 3.30. The lowest BCUT2D eigenvalue weighted by atomic mass is 10.1. The number of carbonyl (C=O) groups excluding carboxylic acids is 3. The molecule has 0 saturated carbocycles. The summed E-state index contributed by atoms with van der Waals surface area (Å²) in [4.78, 5) is 45.7. The Labute approximate surface area is 205 Å². The van der Waals surface area contributed by atoms with E-state index in [-0.39, 0.29) is 24.2 Å². The molecule has 0 aliphatic carbocycles. The SMILES string of the molecule is O=C(C[N+]1=C2C=CSC2C(=O)N(CCc2cccs2)C1=O)N1CCN(c2ccc(F)cc2)CC1. The van der Waals surface area contributed by atoms with Gasteiger partial charge in [0.1, 0.15) is 18.1 Å². The van der Waals surface area contributed by atoms with Gasteiger partial charge in [0.2, 0.25) is 0 Å². The second-order valence-electron chi connectivity index (χ2n) is 8.28. The van der Waals surface area contributed by atoms with Crippen LogP contribution in [0.15, 0.2) is 53.3 Å². The van der Waals surface area contributed by atoms with Crippen molar-refractivity contribution in [2.24, 2.45) is 0 Å². The van der Waals surface area contributed by atoms with Gasteiger partial charge in [-0.15, -0.1) is 23.1 Å². The monoisotopic (exact) mass is 499 g/mol. The van der Waals surface area contributed by atoms with Gasteiger partial charge in [0.15, 0.2) is 11.8 Å². The van der Waals surface area contributed by atoms with Gasteiger partial charge in [-0.2, -0.15) is 14.3 Å². The van der Waals surface area contributed by atoms with Crippen molar-refractivity contribution in [3.8, 4) is 0 Å². The first-order valence-electron chi connectivity index (χ1n) is 11.1. The molecule has 7 nitrogen and oxygen atoms in total. The second kappa shape index (κ2) is 9.71. The second-order valence-corrected chi connectivity index (χ2v) is 10.3. The average molecular weight is 500 g/mol. The van der Waals surface area contributed by atoms with Crippen LogP contribution in [0.4, 0.5) is 14.9 Å². The van der Waals surface area contributed by atoms with E-state index in [2.05, 4.69) is 4.90 Å². The van der Waals surface area contributed by atoms with E-state index in [1.807, 2.05) is 22.9 Å². The van der Waals surface area contributed by atoms with Crippen molar-refractivity contribution < 1.29 is 23.3 Å². The van der Waals surface area contributed by atoms with E-state index in [1.54, 1.807) is 34.4 Å². The molecule has 34 heavy (non-hydrogen) atoms.